The number of rotatable bonds is 7. The molecule has 2 rings (SSSR count). The van der Waals surface area contributed by atoms with Crippen molar-refractivity contribution in [1.82, 2.24) is 25.5 Å². The Labute approximate surface area is 110 Å². The Bertz CT molecular complexity index is 605. The third-order valence-electron chi connectivity index (χ3n) is 2.33. The summed E-state index contributed by atoms with van der Waals surface area (Å²) in [6, 6.07) is 3.51. The predicted molar refractivity (Wildman–Crippen MR) is 68.1 cm³/mol. The van der Waals surface area contributed by atoms with Crippen LogP contribution in [-0.4, -0.2) is 53.7 Å². The molecule has 19 heavy (non-hydrogen) atoms. The molecule has 0 aliphatic rings. The van der Waals surface area contributed by atoms with Gasteiger partial charge >= 0.3 is 0 Å². The molecule has 0 aromatic carbocycles. The van der Waals surface area contributed by atoms with E-state index in [4.69, 9.17) is 4.42 Å². The first-order chi connectivity index (χ1) is 9.04. The minimum absolute atomic E-state index is 0.120. The molecule has 2 heterocycles. The van der Waals surface area contributed by atoms with E-state index in [1.54, 1.807) is 18.4 Å². The molecule has 0 atom stereocenters. The highest BCUT2D eigenvalue weighted by atomic mass is 32.2. The van der Waals surface area contributed by atoms with Crippen molar-refractivity contribution in [3.8, 4) is 11.6 Å². The summed E-state index contributed by atoms with van der Waals surface area (Å²) in [5.41, 5.74) is 0. The summed E-state index contributed by atoms with van der Waals surface area (Å²) in [4.78, 5) is 1.44. The summed E-state index contributed by atoms with van der Waals surface area (Å²) >= 11 is 0. The molecule has 0 fully saturated rings. The Kier molecular flexibility index (Phi) is 4.27. The van der Waals surface area contributed by atoms with Crippen LogP contribution in [0.2, 0.25) is 0 Å². The second kappa shape index (κ2) is 5.93. The first kappa shape index (κ1) is 13.7. The maximum Gasteiger partial charge on any atom is 0.240 e. The number of hydrogen-bond acceptors (Lipinski definition) is 7. The van der Waals surface area contributed by atoms with E-state index in [9.17, 15) is 8.42 Å². The molecule has 2 aromatic heterocycles. The van der Waals surface area contributed by atoms with Crippen molar-refractivity contribution in [1.29, 1.82) is 0 Å². The van der Waals surface area contributed by atoms with Crippen LogP contribution in [0.5, 0.6) is 0 Å². The summed E-state index contributed by atoms with van der Waals surface area (Å²) in [6.07, 6.45) is 2.76. The highest BCUT2D eigenvalue weighted by Crippen LogP contribution is 2.12. The Morgan fingerprint density at radius 2 is 2.26 bits per heavy atom. The van der Waals surface area contributed by atoms with Crippen LogP contribution in [0.15, 0.2) is 22.8 Å². The van der Waals surface area contributed by atoms with Gasteiger partial charge in [0.05, 0.1) is 18.6 Å². The third-order valence-corrected chi connectivity index (χ3v) is 3.28. The lowest BCUT2D eigenvalue weighted by molar-refractivity contribution is 0.496. The Hall–Kier alpha value is -1.74. The van der Waals surface area contributed by atoms with E-state index in [1.165, 1.54) is 11.1 Å². The largest absolute Gasteiger partial charge is 0.461 e. The van der Waals surface area contributed by atoms with E-state index in [2.05, 4.69) is 20.7 Å². The molecule has 9 heteroatoms. The molecule has 0 aliphatic heterocycles. The fraction of sp³-hybridized carbons (Fsp3) is 0.500. The van der Waals surface area contributed by atoms with E-state index in [-0.39, 0.29) is 5.75 Å². The molecule has 0 radical (unpaired) electrons. The molecule has 0 saturated heterocycles. The van der Waals surface area contributed by atoms with Crippen LogP contribution in [-0.2, 0) is 16.4 Å². The molecule has 0 saturated carbocycles. The second-order valence-corrected chi connectivity index (χ2v) is 6.33. The normalized spacial score (nSPS) is 11.8. The van der Waals surface area contributed by atoms with Gasteiger partial charge < -0.3 is 9.73 Å². The molecule has 8 nitrogen and oxygen atoms in total. The number of nitrogens with zero attached hydrogens (tertiary/aromatic N) is 4. The fourth-order valence-corrected chi connectivity index (χ4v) is 1.92. The highest BCUT2D eigenvalue weighted by Gasteiger charge is 2.07. The molecule has 0 unspecified atom stereocenters. The summed E-state index contributed by atoms with van der Waals surface area (Å²) in [7, 11) is -2.92. The average Bonchev–Trinajstić information content (AvgIpc) is 2.97. The van der Waals surface area contributed by atoms with E-state index in [0.717, 1.165) is 0 Å². The van der Waals surface area contributed by atoms with Crippen LogP contribution < -0.4 is 5.32 Å². The van der Waals surface area contributed by atoms with E-state index >= 15 is 0 Å². The number of hydrogen-bond donors (Lipinski definition) is 1. The van der Waals surface area contributed by atoms with Crippen LogP contribution in [0.3, 0.4) is 0 Å². The van der Waals surface area contributed by atoms with Crippen LogP contribution in [0.1, 0.15) is 0 Å². The molecule has 1 N–H and O–H groups in total. The molecule has 0 amide bonds. The first-order valence-electron chi connectivity index (χ1n) is 5.75. The minimum atomic E-state index is -2.92. The number of sulfone groups is 1. The Morgan fingerprint density at radius 3 is 2.95 bits per heavy atom. The van der Waals surface area contributed by atoms with Crippen LogP contribution in [0.25, 0.3) is 11.6 Å². The third kappa shape index (κ3) is 4.45. The van der Waals surface area contributed by atoms with Gasteiger partial charge in [0.25, 0.3) is 0 Å². The minimum Gasteiger partial charge on any atom is -0.461 e. The summed E-state index contributed by atoms with van der Waals surface area (Å²) in [6.45, 7) is 1.50. The van der Waals surface area contributed by atoms with Crippen molar-refractivity contribution < 1.29 is 12.8 Å². The van der Waals surface area contributed by atoms with Gasteiger partial charge in [-0.05, 0) is 17.3 Å². The van der Waals surface area contributed by atoms with Gasteiger partial charge in [0.1, 0.15) is 9.84 Å². The lowest BCUT2D eigenvalue weighted by atomic mass is 10.4. The van der Waals surface area contributed by atoms with E-state index < -0.39 is 9.84 Å². The fourth-order valence-electron chi connectivity index (χ4n) is 1.40. The zero-order chi connectivity index (χ0) is 13.7. The van der Waals surface area contributed by atoms with Crippen molar-refractivity contribution in [3.05, 3.63) is 18.4 Å². The van der Waals surface area contributed by atoms with Crippen molar-refractivity contribution in [2.75, 3.05) is 25.1 Å². The van der Waals surface area contributed by atoms with Gasteiger partial charge in [-0.2, -0.15) is 4.80 Å². The van der Waals surface area contributed by atoms with Crippen molar-refractivity contribution >= 4 is 9.84 Å². The van der Waals surface area contributed by atoms with Crippen LogP contribution >= 0.6 is 0 Å². The topological polar surface area (TPSA) is 103 Å². The maximum atomic E-state index is 10.9. The zero-order valence-corrected chi connectivity index (χ0v) is 11.3. The predicted octanol–water partition coefficient (Wildman–Crippen LogP) is -0.433. The van der Waals surface area contributed by atoms with Gasteiger partial charge in [0.15, 0.2) is 5.76 Å². The van der Waals surface area contributed by atoms with Gasteiger partial charge in [-0.3, -0.25) is 0 Å². The molecule has 0 spiro atoms. The number of aromatic nitrogens is 4. The quantitative estimate of drug-likeness (QED) is 0.688. The van der Waals surface area contributed by atoms with Crippen LogP contribution in [0.4, 0.5) is 0 Å². The van der Waals surface area contributed by atoms with E-state index in [1.807, 2.05) is 0 Å². The van der Waals surface area contributed by atoms with Gasteiger partial charge in [-0.25, -0.2) is 8.42 Å². The Morgan fingerprint density at radius 1 is 1.42 bits per heavy atom. The molecule has 0 bridgehead atoms. The highest BCUT2D eigenvalue weighted by molar-refractivity contribution is 7.90. The van der Waals surface area contributed by atoms with Crippen molar-refractivity contribution in [3.63, 3.8) is 0 Å². The van der Waals surface area contributed by atoms with Crippen molar-refractivity contribution in [2.24, 2.45) is 0 Å². The summed E-state index contributed by atoms with van der Waals surface area (Å²) in [5, 5.41) is 14.9. The molecular weight excluding hydrogens is 270 g/mol. The summed E-state index contributed by atoms with van der Waals surface area (Å²) < 4.78 is 27.0. The van der Waals surface area contributed by atoms with Crippen molar-refractivity contribution in [2.45, 2.75) is 6.54 Å². The number of tetrazole rings is 1. The smallest absolute Gasteiger partial charge is 0.240 e. The number of furan rings is 1. The molecule has 104 valence electrons. The lowest BCUT2D eigenvalue weighted by Gasteiger charge is -2.02. The van der Waals surface area contributed by atoms with Gasteiger partial charge in [0.2, 0.25) is 5.82 Å². The van der Waals surface area contributed by atoms with Gasteiger partial charge in [-0.1, -0.05) is 0 Å². The van der Waals surface area contributed by atoms with Gasteiger partial charge in [0, 0.05) is 19.3 Å². The molecule has 2 aromatic rings. The monoisotopic (exact) mass is 285 g/mol. The second-order valence-electron chi connectivity index (χ2n) is 4.07. The maximum absolute atomic E-state index is 10.9. The molecular formula is C10H15N5O3S. The SMILES string of the molecule is CS(=O)(=O)CCNCCn1nnc(-c2ccco2)n1. The van der Waals surface area contributed by atoms with Crippen LogP contribution in [0, 0.1) is 0 Å². The number of nitrogens with one attached hydrogen (secondary N) is 1. The van der Waals surface area contributed by atoms with E-state index in [0.29, 0.717) is 31.2 Å². The Balaban J connectivity index is 1.75. The average molecular weight is 285 g/mol. The summed E-state index contributed by atoms with van der Waals surface area (Å²) in [5.74, 6) is 1.12. The standard InChI is InChI=1S/C10H15N5O3S/c1-19(16,17)8-5-11-4-6-15-13-10(12-14-15)9-3-2-7-18-9/h2-3,7,11H,4-6,8H2,1H3. The zero-order valence-electron chi connectivity index (χ0n) is 10.5. The lowest BCUT2D eigenvalue weighted by Crippen LogP contribution is -2.26. The molecule has 0 aliphatic carbocycles. The van der Waals surface area contributed by atoms with Gasteiger partial charge in [-0.15, -0.1) is 10.2 Å². The first-order valence-corrected chi connectivity index (χ1v) is 7.81.